The molecule has 0 radical (unpaired) electrons. The Kier molecular flexibility index (Phi) is 8.39. The molecular weight excluding hydrogens is 757 g/mol. The van der Waals surface area contributed by atoms with E-state index in [1.165, 1.54) is 86.1 Å². The highest BCUT2D eigenvalue weighted by Crippen LogP contribution is 2.44. The number of aromatic nitrogens is 1. The van der Waals surface area contributed by atoms with Crippen molar-refractivity contribution in [1.29, 1.82) is 0 Å². The van der Waals surface area contributed by atoms with Crippen LogP contribution in [0.4, 0.5) is 17.1 Å². The lowest BCUT2D eigenvalue weighted by atomic mass is 10.0. The molecule has 0 aliphatic carbocycles. The topological polar surface area (TPSA) is 8.17 Å². The van der Waals surface area contributed by atoms with E-state index in [9.17, 15) is 0 Å². The Labute approximate surface area is 358 Å². The third-order valence-corrected chi connectivity index (χ3v) is 13.5. The molecule has 0 saturated heterocycles. The van der Waals surface area contributed by atoms with Crippen LogP contribution >= 0.6 is 11.3 Å². The molecule has 0 atom stereocenters. The first-order valence-corrected chi connectivity index (χ1v) is 21.6. The van der Waals surface area contributed by atoms with Gasteiger partial charge in [-0.05, 0) is 105 Å². The van der Waals surface area contributed by atoms with E-state index in [4.69, 9.17) is 0 Å². The fourth-order valence-electron chi connectivity index (χ4n) is 9.23. The van der Waals surface area contributed by atoms with Gasteiger partial charge in [0.25, 0.3) is 0 Å². The lowest BCUT2D eigenvalue weighted by Crippen LogP contribution is -2.09. The molecule has 0 unspecified atom stereocenters. The van der Waals surface area contributed by atoms with E-state index >= 15 is 0 Å². The lowest BCUT2D eigenvalue weighted by molar-refractivity contribution is 1.18. The van der Waals surface area contributed by atoms with Gasteiger partial charge < -0.3 is 9.47 Å². The van der Waals surface area contributed by atoms with Crippen molar-refractivity contribution in [2.24, 2.45) is 0 Å². The summed E-state index contributed by atoms with van der Waals surface area (Å²) in [7, 11) is 0. The van der Waals surface area contributed by atoms with Gasteiger partial charge in [0.15, 0.2) is 0 Å². The van der Waals surface area contributed by atoms with Crippen molar-refractivity contribution in [3.8, 4) is 39.1 Å². The number of nitrogens with zero attached hydrogens (tertiary/aromatic N) is 2. The van der Waals surface area contributed by atoms with E-state index in [-0.39, 0.29) is 0 Å². The van der Waals surface area contributed by atoms with Crippen LogP contribution in [-0.4, -0.2) is 4.57 Å². The van der Waals surface area contributed by atoms with Crippen LogP contribution in [-0.2, 0) is 0 Å². The van der Waals surface area contributed by atoms with Crippen molar-refractivity contribution >= 4 is 81.1 Å². The Morgan fingerprint density at radius 3 is 1.54 bits per heavy atom. The molecule has 0 N–H and O–H groups in total. The Balaban J connectivity index is 0.941. The van der Waals surface area contributed by atoms with E-state index in [0.717, 1.165) is 22.7 Å². The molecule has 12 rings (SSSR count). The Bertz CT molecular complexity index is 3550. The number of para-hydroxylation sites is 2. The molecule has 0 amide bonds. The Hall–Kier alpha value is -7.72. The first-order valence-electron chi connectivity index (χ1n) is 20.8. The lowest BCUT2D eigenvalue weighted by Gasteiger charge is -2.26. The minimum absolute atomic E-state index is 1.10. The molecule has 12 aromatic rings. The van der Waals surface area contributed by atoms with Crippen LogP contribution < -0.4 is 4.90 Å². The third kappa shape index (κ3) is 6.01. The number of hydrogen-bond donors (Lipinski definition) is 0. The molecule has 0 aliphatic rings. The summed E-state index contributed by atoms with van der Waals surface area (Å²) in [6.07, 6.45) is 0. The van der Waals surface area contributed by atoms with Crippen molar-refractivity contribution in [2.45, 2.75) is 0 Å². The number of anilines is 3. The molecule has 286 valence electrons. The Morgan fingerprint density at radius 2 is 0.820 bits per heavy atom. The first kappa shape index (κ1) is 35.2. The fourth-order valence-corrected chi connectivity index (χ4v) is 10.6. The van der Waals surface area contributed by atoms with Crippen LogP contribution in [0.2, 0.25) is 0 Å². The molecule has 3 heteroatoms. The molecule has 0 saturated carbocycles. The molecule has 61 heavy (non-hydrogen) atoms. The summed E-state index contributed by atoms with van der Waals surface area (Å²) in [6, 6.07) is 84.0. The predicted molar refractivity (Wildman–Crippen MR) is 262 cm³/mol. The number of rotatable bonds is 7. The van der Waals surface area contributed by atoms with E-state index in [0.29, 0.717) is 0 Å². The van der Waals surface area contributed by atoms with Gasteiger partial charge in [-0.2, -0.15) is 0 Å². The van der Waals surface area contributed by atoms with Crippen molar-refractivity contribution < 1.29 is 0 Å². The maximum absolute atomic E-state index is 2.39. The van der Waals surface area contributed by atoms with Gasteiger partial charge in [0.1, 0.15) is 0 Å². The smallest absolute Gasteiger partial charge is 0.0547 e. The van der Waals surface area contributed by atoms with Crippen molar-refractivity contribution in [3.63, 3.8) is 0 Å². The molecule has 0 spiro atoms. The average Bonchev–Trinajstić information content (AvgIpc) is 3.89. The zero-order chi connectivity index (χ0) is 40.3. The van der Waals surface area contributed by atoms with Gasteiger partial charge in [-0.1, -0.05) is 170 Å². The average molecular weight is 795 g/mol. The molecule has 2 nitrogen and oxygen atoms in total. The summed E-state index contributed by atoms with van der Waals surface area (Å²) in [4.78, 5) is 2.37. The first-order chi connectivity index (χ1) is 30.2. The number of fused-ring (bicyclic) bond motifs is 8. The standard InChI is InChI=1S/C58H38N2S/c1-3-12-39(13-4-1)40-22-30-46(31-23-40)59(48-34-26-43(27-35-48)50-19-11-20-53-54-37-28-42-14-7-8-17-49(42)58(54)61-57(50)53)47-32-24-41(25-33-47)44-29-36-52-51-18-9-10-21-55(51)60(56(52)38-44)45-15-5-2-6-16-45/h1-38H. The zero-order valence-electron chi connectivity index (χ0n) is 33.2. The molecule has 0 bridgehead atoms. The van der Waals surface area contributed by atoms with Crippen LogP contribution in [0.1, 0.15) is 0 Å². The normalized spacial score (nSPS) is 11.6. The van der Waals surface area contributed by atoms with Crippen molar-refractivity contribution in [3.05, 3.63) is 231 Å². The monoisotopic (exact) mass is 794 g/mol. The SMILES string of the molecule is c1ccc(-c2ccc(N(c3ccc(-c4ccc5c6ccccc6n(-c6ccccc6)c5c4)cc3)c3ccc(-c4cccc5c4sc4c6ccccc6ccc54)cc3)cc2)cc1. The molecule has 0 aliphatic heterocycles. The van der Waals surface area contributed by atoms with Gasteiger partial charge in [-0.25, -0.2) is 0 Å². The summed E-state index contributed by atoms with van der Waals surface area (Å²) in [5, 5.41) is 7.75. The fraction of sp³-hybridized carbons (Fsp3) is 0. The van der Waals surface area contributed by atoms with Gasteiger partial charge in [0.2, 0.25) is 0 Å². The van der Waals surface area contributed by atoms with Crippen molar-refractivity contribution in [2.75, 3.05) is 4.90 Å². The Morgan fingerprint density at radius 1 is 0.311 bits per heavy atom. The van der Waals surface area contributed by atoms with E-state index in [1.807, 2.05) is 11.3 Å². The summed E-state index contributed by atoms with van der Waals surface area (Å²) in [5.74, 6) is 0. The summed E-state index contributed by atoms with van der Waals surface area (Å²) < 4.78 is 5.06. The minimum Gasteiger partial charge on any atom is -0.311 e. The molecule has 2 aromatic heterocycles. The summed E-state index contributed by atoms with van der Waals surface area (Å²) >= 11 is 1.90. The van der Waals surface area contributed by atoms with Gasteiger partial charge in [-0.3, -0.25) is 0 Å². The summed E-state index contributed by atoms with van der Waals surface area (Å²) in [5.41, 5.74) is 14.1. The summed E-state index contributed by atoms with van der Waals surface area (Å²) in [6.45, 7) is 0. The van der Waals surface area contributed by atoms with E-state index < -0.39 is 0 Å². The largest absolute Gasteiger partial charge is 0.311 e. The molecule has 2 heterocycles. The number of thiophene rings is 1. The van der Waals surface area contributed by atoms with Crippen LogP contribution in [0.3, 0.4) is 0 Å². The van der Waals surface area contributed by atoms with Crippen LogP contribution in [0.15, 0.2) is 231 Å². The highest BCUT2D eigenvalue weighted by molar-refractivity contribution is 7.27. The highest BCUT2D eigenvalue weighted by Gasteiger charge is 2.17. The van der Waals surface area contributed by atoms with Crippen molar-refractivity contribution in [1.82, 2.24) is 4.57 Å². The van der Waals surface area contributed by atoms with Gasteiger partial charge in [-0.15, -0.1) is 11.3 Å². The molecular formula is C58H38N2S. The van der Waals surface area contributed by atoms with Gasteiger partial charge >= 0.3 is 0 Å². The molecule has 0 fully saturated rings. The van der Waals surface area contributed by atoms with Crippen LogP contribution in [0, 0.1) is 0 Å². The number of benzene rings is 10. The second-order valence-corrected chi connectivity index (χ2v) is 16.7. The zero-order valence-corrected chi connectivity index (χ0v) is 34.1. The minimum atomic E-state index is 1.10. The highest BCUT2D eigenvalue weighted by atomic mass is 32.1. The van der Waals surface area contributed by atoms with Gasteiger partial charge in [0, 0.05) is 53.7 Å². The van der Waals surface area contributed by atoms with E-state index in [1.54, 1.807) is 0 Å². The molecule has 10 aromatic carbocycles. The van der Waals surface area contributed by atoms with Crippen LogP contribution in [0.25, 0.3) is 91.8 Å². The maximum atomic E-state index is 2.39. The van der Waals surface area contributed by atoms with Gasteiger partial charge in [0.05, 0.1) is 11.0 Å². The second kappa shape index (κ2) is 14.5. The second-order valence-electron chi connectivity index (χ2n) is 15.7. The van der Waals surface area contributed by atoms with Crippen LogP contribution in [0.5, 0.6) is 0 Å². The quantitative estimate of drug-likeness (QED) is 0.156. The maximum Gasteiger partial charge on any atom is 0.0547 e. The number of hydrogen-bond acceptors (Lipinski definition) is 2. The van der Waals surface area contributed by atoms with E-state index in [2.05, 4.69) is 240 Å². The predicted octanol–water partition coefficient (Wildman–Crippen LogP) is 16.8. The third-order valence-electron chi connectivity index (χ3n) is 12.2.